The average Bonchev–Trinajstić information content (AvgIpc) is 2.88. The number of hydrogen-bond donors (Lipinski definition) is 2. The Hall–Kier alpha value is -0.120. The first-order chi connectivity index (χ1) is 7.40. The SMILES string of the molecule is NCC1CCCC1CNCC1CCCO1. The highest BCUT2D eigenvalue weighted by atomic mass is 16.5. The van der Waals surface area contributed by atoms with Crippen LogP contribution in [0.1, 0.15) is 32.1 Å². The summed E-state index contributed by atoms with van der Waals surface area (Å²) in [4.78, 5) is 0. The normalized spacial score (nSPS) is 36.2. The lowest BCUT2D eigenvalue weighted by molar-refractivity contribution is 0.108. The molecule has 2 aliphatic rings. The van der Waals surface area contributed by atoms with Crippen molar-refractivity contribution in [3.8, 4) is 0 Å². The van der Waals surface area contributed by atoms with Gasteiger partial charge in [-0.15, -0.1) is 0 Å². The standard InChI is InChI=1S/C12H24N2O/c13-7-10-3-1-4-11(10)8-14-9-12-5-2-6-15-12/h10-12,14H,1-9,13H2. The lowest BCUT2D eigenvalue weighted by Crippen LogP contribution is -2.33. The molecule has 0 bridgehead atoms. The van der Waals surface area contributed by atoms with Gasteiger partial charge in [0.2, 0.25) is 0 Å². The summed E-state index contributed by atoms with van der Waals surface area (Å²) < 4.78 is 5.58. The zero-order valence-electron chi connectivity index (χ0n) is 9.58. The fraction of sp³-hybridized carbons (Fsp3) is 1.00. The zero-order valence-corrected chi connectivity index (χ0v) is 9.58. The minimum absolute atomic E-state index is 0.475. The maximum atomic E-state index is 5.77. The van der Waals surface area contributed by atoms with Crippen LogP contribution in [-0.4, -0.2) is 32.3 Å². The van der Waals surface area contributed by atoms with Gasteiger partial charge in [0.1, 0.15) is 0 Å². The molecule has 88 valence electrons. The molecular weight excluding hydrogens is 188 g/mol. The van der Waals surface area contributed by atoms with Crippen molar-refractivity contribution in [3.63, 3.8) is 0 Å². The van der Waals surface area contributed by atoms with Crippen LogP contribution in [0.4, 0.5) is 0 Å². The molecule has 2 fully saturated rings. The Kier molecular flexibility index (Phi) is 4.42. The van der Waals surface area contributed by atoms with E-state index in [1.54, 1.807) is 0 Å². The summed E-state index contributed by atoms with van der Waals surface area (Å²) in [6.45, 7) is 4.00. The van der Waals surface area contributed by atoms with Gasteiger partial charge in [-0.1, -0.05) is 6.42 Å². The lowest BCUT2D eigenvalue weighted by atomic mass is 9.96. The van der Waals surface area contributed by atoms with Crippen molar-refractivity contribution < 1.29 is 4.74 Å². The minimum atomic E-state index is 0.475. The van der Waals surface area contributed by atoms with Crippen LogP contribution >= 0.6 is 0 Å². The first-order valence-corrected chi connectivity index (χ1v) is 6.42. The van der Waals surface area contributed by atoms with Gasteiger partial charge in [0.25, 0.3) is 0 Å². The van der Waals surface area contributed by atoms with Crippen molar-refractivity contribution >= 4 is 0 Å². The van der Waals surface area contributed by atoms with Crippen molar-refractivity contribution in [2.24, 2.45) is 17.6 Å². The summed E-state index contributed by atoms with van der Waals surface area (Å²) in [6.07, 6.45) is 7.01. The average molecular weight is 212 g/mol. The molecule has 1 aliphatic heterocycles. The summed E-state index contributed by atoms with van der Waals surface area (Å²) in [5.41, 5.74) is 5.77. The van der Waals surface area contributed by atoms with E-state index in [4.69, 9.17) is 10.5 Å². The monoisotopic (exact) mass is 212 g/mol. The van der Waals surface area contributed by atoms with Gasteiger partial charge in [-0.05, 0) is 50.6 Å². The molecule has 0 aromatic rings. The van der Waals surface area contributed by atoms with Gasteiger partial charge in [0.05, 0.1) is 6.10 Å². The highest BCUT2D eigenvalue weighted by Gasteiger charge is 2.25. The van der Waals surface area contributed by atoms with E-state index in [1.165, 1.54) is 32.1 Å². The summed E-state index contributed by atoms with van der Waals surface area (Å²) in [6, 6.07) is 0. The molecule has 1 saturated carbocycles. The molecule has 1 aliphatic carbocycles. The lowest BCUT2D eigenvalue weighted by Gasteiger charge is -2.19. The van der Waals surface area contributed by atoms with E-state index in [0.717, 1.165) is 38.1 Å². The largest absolute Gasteiger partial charge is 0.377 e. The second-order valence-electron chi connectivity index (χ2n) is 4.98. The summed E-state index contributed by atoms with van der Waals surface area (Å²) >= 11 is 0. The third kappa shape index (κ3) is 3.16. The highest BCUT2D eigenvalue weighted by molar-refractivity contribution is 4.80. The predicted octanol–water partition coefficient (Wildman–Crippen LogP) is 1.13. The molecule has 3 nitrogen and oxygen atoms in total. The van der Waals surface area contributed by atoms with E-state index in [-0.39, 0.29) is 0 Å². The molecule has 0 aromatic carbocycles. The van der Waals surface area contributed by atoms with Crippen molar-refractivity contribution in [1.29, 1.82) is 0 Å². The van der Waals surface area contributed by atoms with Crippen LogP contribution in [0.15, 0.2) is 0 Å². The Morgan fingerprint density at radius 3 is 2.67 bits per heavy atom. The highest BCUT2D eigenvalue weighted by Crippen LogP contribution is 2.30. The summed E-state index contributed by atoms with van der Waals surface area (Å²) in [5, 5.41) is 3.55. The van der Waals surface area contributed by atoms with Crippen LogP contribution in [0.5, 0.6) is 0 Å². The van der Waals surface area contributed by atoms with Crippen molar-refractivity contribution in [1.82, 2.24) is 5.32 Å². The van der Waals surface area contributed by atoms with Gasteiger partial charge in [-0.25, -0.2) is 0 Å². The minimum Gasteiger partial charge on any atom is -0.377 e. The Morgan fingerprint density at radius 1 is 1.07 bits per heavy atom. The topological polar surface area (TPSA) is 47.3 Å². The van der Waals surface area contributed by atoms with Crippen molar-refractivity contribution in [2.75, 3.05) is 26.2 Å². The van der Waals surface area contributed by atoms with Crippen LogP contribution in [0.2, 0.25) is 0 Å². The van der Waals surface area contributed by atoms with Gasteiger partial charge in [0.15, 0.2) is 0 Å². The number of nitrogens with two attached hydrogens (primary N) is 1. The molecule has 15 heavy (non-hydrogen) atoms. The molecule has 0 spiro atoms. The van der Waals surface area contributed by atoms with Gasteiger partial charge in [-0.2, -0.15) is 0 Å². The predicted molar refractivity (Wildman–Crippen MR) is 61.7 cm³/mol. The summed E-state index contributed by atoms with van der Waals surface area (Å²) in [5.74, 6) is 1.58. The van der Waals surface area contributed by atoms with E-state index in [1.807, 2.05) is 0 Å². The van der Waals surface area contributed by atoms with E-state index >= 15 is 0 Å². The maximum Gasteiger partial charge on any atom is 0.0700 e. The Morgan fingerprint density at radius 2 is 1.93 bits per heavy atom. The molecule has 2 rings (SSSR count). The van der Waals surface area contributed by atoms with Gasteiger partial charge in [-0.3, -0.25) is 0 Å². The van der Waals surface area contributed by atoms with Crippen molar-refractivity contribution in [2.45, 2.75) is 38.2 Å². The summed E-state index contributed by atoms with van der Waals surface area (Å²) in [7, 11) is 0. The molecular formula is C12H24N2O. The van der Waals surface area contributed by atoms with E-state index < -0.39 is 0 Å². The first-order valence-electron chi connectivity index (χ1n) is 6.42. The van der Waals surface area contributed by atoms with E-state index in [9.17, 15) is 0 Å². The number of nitrogens with one attached hydrogen (secondary N) is 1. The van der Waals surface area contributed by atoms with E-state index in [0.29, 0.717) is 6.10 Å². The van der Waals surface area contributed by atoms with E-state index in [2.05, 4.69) is 5.32 Å². The van der Waals surface area contributed by atoms with Gasteiger partial charge >= 0.3 is 0 Å². The number of rotatable bonds is 5. The Labute approximate surface area is 92.7 Å². The zero-order chi connectivity index (χ0) is 10.5. The van der Waals surface area contributed by atoms with Gasteiger partial charge < -0.3 is 15.8 Å². The molecule has 3 unspecified atom stereocenters. The quantitative estimate of drug-likeness (QED) is 0.718. The van der Waals surface area contributed by atoms with Crippen LogP contribution in [0.3, 0.4) is 0 Å². The maximum absolute atomic E-state index is 5.77. The van der Waals surface area contributed by atoms with Crippen molar-refractivity contribution in [3.05, 3.63) is 0 Å². The molecule has 0 amide bonds. The van der Waals surface area contributed by atoms with Crippen LogP contribution in [0.25, 0.3) is 0 Å². The molecule has 3 atom stereocenters. The fourth-order valence-corrected chi connectivity index (χ4v) is 2.93. The smallest absolute Gasteiger partial charge is 0.0700 e. The third-order valence-corrected chi connectivity index (χ3v) is 3.92. The second kappa shape index (κ2) is 5.83. The molecule has 1 saturated heterocycles. The van der Waals surface area contributed by atoms with Crippen LogP contribution in [0, 0.1) is 11.8 Å². The molecule has 3 N–H and O–H groups in total. The fourth-order valence-electron chi connectivity index (χ4n) is 2.93. The molecule has 0 radical (unpaired) electrons. The Balaban J connectivity index is 1.60. The first kappa shape index (κ1) is 11.4. The second-order valence-corrected chi connectivity index (χ2v) is 4.98. The molecule has 3 heteroatoms. The Bertz CT molecular complexity index is 180. The van der Waals surface area contributed by atoms with Crippen LogP contribution < -0.4 is 11.1 Å². The van der Waals surface area contributed by atoms with Gasteiger partial charge in [0, 0.05) is 13.2 Å². The number of ether oxygens (including phenoxy) is 1. The molecule has 1 heterocycles. The third-order valence-electron chi connectivity index (χ3n) is 3.92. The number of hydrogen-bond acceptors (Lipinski definition) is 3. The van der Waals surface area contributed by atoms with Crippen LogP contribution in [-0.2, 0) is 4.74 Å². The molecule has 0 aromatic heterocycles.